The fourth-order valence-corrected chi connectivity index (χ4v) is 1.65. The Hall–Kier alpha value is -2.07. The Morgan fingerprint density at radius 3 is 2.56 bits per heavy atom. The molecule has 0 fully saturated rings. The second-order valence-corrected chi connectivity index (χ2v) is 3.71. The second kappa shape index (κ2) is 4.20. The van der Waals surface area contributed by atoms with Crippen molar-refractivity contribution >= 4 is 0 Å². The molecule has 2 rings (SSSR count). The van der Waals surface area contributed by atoms with Crippen LogP contribution in [0.1, 0.15) is 11.1 Å². The first-order valence-electron chi connectivity index (χ1n) is 5.04. The van der Waals surface area contributed by atoms with Gasteiger partial charge in [-0.15, -0.1) is 6.42 Å². The van der Waals surface area contributed by atoms with E-state index in [1.54, 1.807) is 12.1 Å². The van der Waals surface area contributed by atoms with Crippen LogP contribution in [0.4, 0.5) is 4.39 Å². The minimum atomic E-state index is -0.277. The molecule has 0 aliphatic rings. The lowest BCUT2D eigenvalue weighted by atomic mass is 10.0. The van der Waals surface area contributed by atoms with Crippen molar-refractivity contribution in [2.75, 3.05) is 0 Å². The zero-order valence-corrected chi connectivity index (χ0v) is 9.00. The highest BCUT2D eigenvalue weighted by Crippen LogP contribution is 2.24. The van der Waals surface area contributed by atoms with E-state index in [0.29, 0.717) is 11.1 Å². The third kappa shape index (κ3) is 1.97. The van der Waals surface area contributed by atoms with Gasteiger partial charge in [0.2, 0.25) is 0 Å². The van der Waals surface area contributed by atoms with E-state index in [-0.39, 0.29) is 5.82 Å². The number of aryl methyl sites for hydroxylation is 1. The van der Waals surface area contributed by atoms with E-state index in [9.17, 15) is 4.39 Å². The molecule has 0 spiro atoms. The number of halogens is 1. The van der Waals surface area contributed by atoms with Gasteiger partial charge in [-0.1, -0.05) is 41.8 Å². The number of rotatable bonds is 1. The Morgan fingerprint density at radius 2 is 1.94 bits per heavy atom. The average molecular weight is 210 g/mol. The minimum absolute atomic E-state index is 0.277. The second-order valence-electron chi connectivity index (χ2n) is 3.71. The van der Waals surface area contributed by atoms with Gasteiger partial charge in [0.1, 0.15) is 5.82 Å². The van der Waals surface area contributed by atoms with Gasteiger partial charge in [-0.25, -0.2) is 4.39 Å². The summed E-state index contributed by atoms with van der Waals surface area (Å²) in [5, 5.41) is 0. The van der Waals surface area contributed by atoms with E-state index in [2.05, 4.69) is 5.92 Å². The number of terminal acetylenes is 1. The monoisotopic (exact) mass is 210 g/mol. The molecule has 0 nitrogen and oxygen atoms in total. The van der Waals surface area contributed by atoms with Crippen molar-refractivity contribution in [2.45, 2.75) is 6.92 Å². The molecule has 0 amide bonds. The molecule has 1 heteroatoms. The van der Waals surface area contributed by atoms with Crippen LogP contribution in [0.25, 0.3) is 11.1 Å². The predicted molar refractivity (Wildman–Crippen MR) is 64.5 cm³/mol. The van der Waals surface area contributed by atoms with Gasteiger partial charge in [0, 0.05) is 11.1 Å². The van der Waals surface area contributed by atoms with Crippen LogP contribution in [0.15, 0.2) is 42.5 Å². The summed E-state index contributed by atoms with van der Waals surface area (Å²) in [5.74, 6) is 2.14. The maximum atomic E-state index is 13.8. The summed E-state index contributed by atoms with van der Waals surface area (Å²) in [5.41, 5.74) is 3.13. The summed E-state index contributed by atoms with van der Waals surface area (Å²) in [6, 6.07) is 12.6. The maximum absolute atomic E-state index is 13.8. The summed E-state index contributed by atoms with van der Waals surface area (Å²) in [6.07, 6.45) is 5.21. The fourth-order valence-electron chi connectivity index (χ4n) is 1.65. The smallest absolute Gasteiger partial charge is 0.132 e. The van der Waals surface area contributed by atoms with Gasteiger partial charge in [0.25, 0.3) is 0 Å². The molecule has 0 aliphatic carbocycles. The van der Waals surface area contributed by atoms with E-state index < -0.39 is 0 Å². The van der Waals surface area contributed by atoms with Gasteiger partial charge in [-0.05, 0) is 24.6 Å². The first kappa shape index (κ1) is 10.4. The Morgan fingerprint density at radius 1 is 1.12 bits per heavy atom. The van der Waals surface area contributed by atoms with Gasteiger partial charge in [-0.2, -0.15) is 0 Å². The summed E-state index contributed by atoms with van der Waals surface area (Å²) in [6.45, 7) is 1.98. The highest BCUT2D eigenvalue weighted by Gasteiger charge is 2.05. The summed E-state index contributed by atoms with van der Waals surface area (Å²) >= 11 is 0. The van der Waals surface area contributed by atoms with E-state index in [0.717, 1.165) is 11.1 Å². The van der Waals surface area contributed by atoms with Crippen molar-refractivity contribution in [1.29, 1.82) is 0 Å². The van der Waals surface area contributed by atoms with Crippen molar-refractivity contribution in [3.05, 3.63) is 59.4 Å². The number of hydrogen-bond donors (Lipinski definition) is 0. The molecule has 0 unspecified atom stereocenters. The molecule has 0 saturated carbocycles. The Bertz CT molecular complexity index is 562. The SMILES string of the molecule is C#Cc1ccc(-c2cccc(C)c2)c(F)c1. The van der Waals surface area contributed by atoms with Gasteiger partial charge >= 0.3 is 0 Å². The summed E-state index contributed by atoms with van der Waals surface area (Å²) in [4.78, 5) is 0. The van der Waals surface area contributed by atoms with Crippen LogP contribution in [-0.2, 0) is 0 Å². The molecule has 0 atom stereocenters. The van der Waals surface area contributed by atoms with Crippen LogP contribution in [0, 0.1) is 25.1 Å². The van der Waals surface area contributed by atoms with Crippen molar-refractivity contribution in [3.8, 4) is 23.5 Å². The van der Waals surface area contributed by atoms with E-state index in [1.807, 2.05) is 31.2 Å². The van der Waals surface area contributed by atoms with Crippen molar-refractivity contribution in [1.82, 2.24) is 0 Å². The summed E-state index contributed by atoms with van der Waals surface area (Å²) in [7, 11) is 0. The van der Waals surface area contributed by atoms with Gasteiger partial charge in [-0.3, -0.25) is 0 Å². The zero-order chi connectivity index (χ0) is 11.5. The molecule has 0 aromatic heterocycles. The molecular formula is C15H11F. The first-order valence-corrected chi connectivity index (χ1v) is 5.04. The number of benzene rings is 2. The van der Waals surface area contributed by atoms with Crippen molar-refractivity contribution < 1.29 is 4.39 Å². The van der Waals surface area contributed by atoms with Gasteiger partial charge < -0.3 is 0 Å². The van der Waals surface area contributed by atoms with Gasteiger partial charge in [0.15, 0.2) is 0 Å². The highest BCUT2D eigenvalue weighted by molar-refractivity contribution is 5.65. The molecular weight excluding hydrogens is 199 g/mol. The topological polar surface area (TPSA) is 0 Å². The lowest BCUT2D eigenvalue weighted by Gasteiger charge is -2.04. The fraction of sp³-hybridized carbons (Fsp3) is 0.0667. The Labute approximate surface area is 94.7 Å². The van der Waals surface area contributed by atoms with Crippen LogP contribution in [0.5, 0.6) is 0 Å². The van der Waals surface area contributed by atoms with E-state index in [1.165, 1.54) is 6.07 Å². The maximum Gasteiger partial charge on any atom is 0.132 e. The molecule has 16 heavy (non-hydrogen) atoms. The van der Waals surface area contributed by atoms with Crippen LogP contribution >= 0.6 is 0 Å². The Kier molecular flexibility index (Phi) is 2.74. The molecule has 0 saturated heterocycles. The number of hydrogen-bond acceptors (Lipinski definition) is 0. The standard InChI is InChI=1S/C15H11F/c1-3-12-7-8-14(15(16)10-12)13-6-4-5-11(2)9-13/h1,4-10H,2H3. The lowest BCUT2D eigenvalue weighted by molar-refractivity contribution is 0.631. The van der Waals surface area contributed by atoms with Crippen LogP contribution in [-0.4, -0.2) is 0 Å². The lowest BCUT2D eigenvalue weighted by Crippen LogP contribution is -1.86. The van der Waals surface area contributed by atoms with Crippen LogP contribution in [0.3, 0.4) is 0 Å². The third-order valence-corrected chi connectivity index (χ3v) is 2.46. The van der Waals surface area contributed by atoms with Crippen molar-refractivity contribution in [2.24, 2.45) is 0 Å². The molecule has 2 aromatic rings. The molecule has 0 heterocycles. The van der Waals surface area contributed by atoms with Crippen LogP contribution < -0.4 is 0 Å². The molecule has 0 radical (unpaired) electrons. The van der Waals surface area contributed by atoms with Crippen molar-refractivity contribution in [3.63, 3.8) is 0 Å². The molecule has 78 valence electrons. The Balaban J connectivity index is 2.53. The molecule has 0 N–H and O–H groups in total. The highest BCUT2D eigenvalue weighted by atomic mass is 19.1. The molecule has 0 bridgehead atoms. The average Bonchev–Trinajstić information content (AvgIpc) is 2.28. The quantitative estimate of drug-likeness (QED) is 0.628. The largest absolute Gasteiger partial charge is 0.206 e. The molecule has 0 aliphatic heterocycles. The van der Waals surface area contributed by atoms with Gasteiger partial charge in [0.05, 0.1) is 0 Å². The van der Waals surface area contributed by atoms with Crippen LogP contribution in [0.2, 0.25) is 0 Å². The molecule has 2 aromatic carbocycles. The third-order valence-electron chi connectivity index (χ3n) is 2.46. The predicted octanol–water partition coefficient (Wildman–Crippen LogP) is 3.78. The summed E-state index contributed by atoms with van der Waals surface area (Å²) < 4.78 is 13.8. The normalized spacial score (nSPS) is 9.81. The van der Waals surface area contributed by atoms with E-state index >= 15 is 0 Å². The zero-order valence-electron chi connectivity index (χ0n) is 9.00. The van der Waals surface area contributed by atoms with E-state index in [4.69, 9.17) is 6.42 Å². The minimum Gasteiger partial charge on any atom is -0.206 e. The first-order chi connectivity index (χ1) is 7.70.